The summed E-state index contributed by atoms with van der Waals surface area (Å²) in [5.74, 6) is 0. The second-order valence-electron chi connectivity index (χ2n) is 2.97. The molecule has 0 aromatic heterocycles. The molecule has 2 unspecified atom stereocenters. The SMILES string of the molecule is CCCCOP(=O)(O)C(C)C(F)(F)F. The van der Waals surface area contributed by atoms with Crippen molar-refractivity contribution in [3.8, 4) is 0 Å². The number of rotatable bonds is 5. The van der Waals surface area contributed by atoms with Gasteiger partial charge in [-0.3, -0.25) is 4.57 Å². The zero-order valence-corrected chi connectivity index (χ0v) is 8.94. The lowest BCUT2D eigenvalue weighted by atomic mass is 10.4. The molecule has 0 amide bonds. The molecule has 0 spiro atoms. The summed E-state index contributed by atoms with van der Waals surface area (Å²) >= 11 is 0. The standard InChI is InChI=1S/C7H14F3O3P/c1-3-4-5-13-14(11,12)6(2)7(8,9)10/h6H,3-5H2,1-2H3,(H,11,12). The second kappa shape index (κ2) is 5.14. The van der Waals surface area contributed by atoms with Gasteiger partial charge in [-0.25, -0.2) is 0 Å². The highest BCUT2D eigenvalue weighted by Crippen LogP contribution is 2.53. The molecule has 0 aromatic carbocycles. The average Bonchev–Trinajstić information content (AvgIpc) is 2.01. The molecule has 0 saturated heterocycles. The predicted octanol–water partition coefficient (Wildman–Crippen LogP) is 2.94. The molecule has 0 fully saturated rings. The van der Waals surface area contributed by atoms with Gasteiger partial charge in [0.15, 0.2) is 5.66 Å². The van der Waals surface area contributed by atoms with Gasteiger partial charge >= 0.3 is 13.8 Å². The fourth-order valence-electron chi connectivity index (χ4n) is 0.636. The Bertz CT molecular complexity index is 217. The normalized spacial score (nSPS) is 19.0. The van der Waals surface area contributed by atoms with E-state index < -0.39 is 19.4 Å². The van der Waals surface area contributed by atoms with E-state index in [-0.39, 0.29) is 6.61 Å². The molecule has 1 N–H and O–H groups in total. The monoisotopic (exact) mass is 234 g/mol. The van der Waals surface area contributed by atoms with Crippen molar-refractivity contribution in [3.63, 3.8) is 0 Å². The summed E-state index contributed by atoms with van der Waals surface area (Å²) in [6.45, 7) is 2.33. The van der Waals surface area contributed by atoms with E-state index in [0.29, 0.717) is 19.8 Å². The first kappa shape index (κ1) is 13.9. The van der Waals surface area contributed by atoms with Crippen LogP contribution in [0, 0.1) is 0 Å². The third-order valence-corrected chi connectivity index (χ3v) is 3.56. The molecule has 3 nitrogen and oxygen atoms in total. The summed E-state index contributed by atoms with van der Waals surface area (Å²) in [4.78, 5) is 8.96. The number of hydrogen-bond donors (Lipinski definition) is 1. The van der Waals surface area contributed by atoms with Crippen LogP contribution in [0.2, 0.25) is 0 Å². The van der Waals surface area contributed by atoms with Crippen LogP contribution in [0.3, 0.4) is 0 Å². The highest BCUT2D eigenvalue weighted by molar-refractivity contribution is 7.53. The molecule has 7 heteroatoms. The molecule has 0 heterocycles. The quantitative estimate of drug-likeness (QED) is 0.587. The fourth-order valence-corrected chi connectivity index (χ4v) is 1.62. The minimum absolute atomic E-state index is 0.120. The Morgan fingerprint density at radius 3 is 2.36 bits per heavy atom. The van der Waals surface area contributed by atoms with Crippen LogP contribution in [0.25, 0.3) is 0 Å². The van der Waals surface area contributed by atoms with Crippen LogP contribution in [-0.2, 0) is 9.09 Å². The fraction of sp³-hybridized carbons (Fsp3) is 1.00. The third kappa shape index (κ3) is 4.44. The lowest BCUT2D eigenvalue weighted by molar-refractivity contribution is -0.131. The van der Waals surface area contributed by atoms with Crippen LogP contribution >= 0.6 is 7.60 Å². The second-order valence-corrected chi connectivity index (χ2v) is 5.13. The van der Waals surface area contributed by atoms with Crippen LogP contribution in [0.5, 0.6) is 0 Å². The largest absolute Gasteiger partial charge is 0.402 e. The van der Waals surface area contributed by atoms with Gasteiger partial charge in [-0.1, -0.05) is 13.3 Å². The van der Waals surface area contributed by atoms with Crippen LogP contribution in [0.4, 0.5) is 13.2 Å². The average molecular weight is 234 g/mol. The van der Waals surface area contributed by atoms with E-state index in [1.807, 2.05) is 0 Å². The van der Waals surface area contributed by atoms with Crippen molar-refractivity contribution >= 4 is 7.60 Å². The van der Waals surface area contributed by atoms with Crippen LogP contribution in [-0.4, -0.2) is 23.3 Å². The lowest BCUT2D eigenvalue weighted by Crippen LogP contribution is -2.26. The van der Waals surface area contributed by atoms with E-state index >= 15 is 0 Å². The van der Waals surface area contributed by atoms with Gasteiger partial charge in [0.05, 0.1) is 6.61 Å². The Morgan fingerprint density at radius 1 is 1.50 bits per heavy atom. The van der Waals surface area contributed by atoms with Gasteiger partial charge < -0.3 is 9.42 Å². The Morgan fingerprint density at radius 2 is 2.00 bits per heavy atom. The van der Waals surface area contributed by atoms with Gasteiger partial charge in [-0.15, -0.1) is 0 Å². The van der Waals surface area contributed by atoms with Gasteiger partial charge in [0.1, 0.15) is 0 Å². The summed E-state index contributed by atoms with van der Waals surface area (Å²) in [5.41, 5.74) is -2.33. The van der Waals surface area contributed by atoms with E-state index in [2.05, 4.69) is 4.52 Å². The zero-order chi connectivity index (χ0) is 11.4. The highest BCUT2D eigenvalue weighted by atomic mass is 31.2. The topological polar surface area (TPSA) is 46.5 Å². The summed E-state index contributed by atoms with van der Waals surface area (Å²) < 4.78 is 51.5. The number of unbranched alkanes of at least 4 members (excludes halogenated alkanes) is 1. The van der Waals surface area contributed by atoms with Gasteiger partial charge in [0, 0.05) is 0 Å². The summed E-state index contributed by atoms with van der Waals surface area (Å²) in [7, 11) is -4.56. The number of hydrogen-bond acceptors (Lipinski definition) is 2. The van der Waals surface area contributed by atoms with E-state index in [1.54, 1.807) is 6.92 Å². The van der Waals surface area contributed by atoms with Crippen molar-refractivity contribution in [3.05, 3.63) is 0 Å². The molecule has 86 valence electrons. The molecule has 0 aromatic rings. The third-order valence-electron chi connectivity index (χ3n) is 1.74. The molecule has 0 aliphatic carbocycles. The zero-order valence-electron chi connectivity index (χ0n) is 8.04. The minimum atomic E-state index is -4.70. The van der Waals surface area contributed by atoms with Crippen molar-refractivity contribution < 1.29 is 27.2 Å². The molecule has 0 aliphatic heterocycles. The van der Waals surface area contributed by atoms with Crippen molar-refractivity contribution in [2.45, 2.75) is 38.5 Å². The number of alkyl halides is 3. The Hall–Kier alpha value is -0.0600. The van der Waals surface area contributed by atoms with Crippen LogP contribution in [0.1, 0.15) is 26.7 Å². The molecule has 0 saturated carbocycles. The van der Waals surface area contributed by atoms with Gasteiger partial charge in [0.25, 0.3) is 0 Å². The maximum atomic E-state index is 12.0. The molecule has 2 atom stereocenters. The lowest BCUT2D eigenvalue weighted by Gasteiger charge is -2.21. The Labute approximate surface area is 80.8 Å². The van der Waals surface area contributed by atoms with E-state index in [1.165, 1.54) is 0 Å². The maximum Gasteiger partial charge on any atom is 0.402 e. The summed E-state index contributed by atoms with van der Waals surface area (Å²) in [6.07, 6.45) is -3.54. The molecule has 14 heavy (non-hydrogen) atoms. The first-order valence-electron chi connectivity index (χ1n) is 4.25. The molecule has 0 aliphatic rings. The molecule has 0 radical (unpaired) electrons. The van der Waals surface area contributed by atoms with Gasteiger partial charge in [0.2, 0.25) is 0 Å². The van der Waals surface area contributed by atoms with Crippen molar-refractivity contribution in [1.29, 1.82) is 0 Å². The van der Waals surface area contributed by atoms with Crippen molar-refractivity contribution in [2.24, 2.45) is 0 Å². The number of halogens is 3. The maximum absolute atomic E-state index is 12.0. The van der Waals surface area contributed by atoms with Crippen LogP contribution in [0.15, 0.2) is 0 Å². The van der Waals surface area contributed by atoms with E-state index in [9.17, 15) is 17.7 Å². The molecule has 0 rings (SSSR count). The summed E-state index contributed by atoms with van der Waals surface area (Å²) in [6, 6.07) is 0. The Balaban J connectivity index is 4.25. The highest BCUT2D eigenvalue weighted by Gasteiger charge is 2.48. The first-order valence-corrected chi connectivity index (χ1v) is 5.90. The molecule has 0 bridgehead atoms. The smallest absolute Gasteiger partial charge is 0.324 e. The van der Waals surface area contributed by atoms with Gasteiger partial charge in [-0.05, 0) is 13.3 Å². The first-order chi connectivity index (χ1) is 6.22. The van der Waals surface area contributed by atoms with Gasteiger partial charge in [-0.2, -0.15) is 13.2 Å². The predicted molar refractivity (Wildman–Crippen MR) is 46.2 cm³/mol. The Kier molecular flexibility index (Phi) is 5.12. The van der Waals surface area contributed by atoms with Crippen molar-refractivity contribution in [1.82, 2.24) is 0 Å². The van der Waals surface area contributed by atoms with E-state index in [4.69, 9.17) is 4.89 Å². The van der Waals surface area contributed by atoms with Crippen LogP contribution < -0.4 is 0 Å². The molecular formula is C7H14F3O3P. The summed E-state index contributed by atoms with van der Waals surface area (Å²) in [5, 5.41) is 0. The molecular weight excluding hydrogens is 220 g/mol. The minimum Gasteiger partial charge on any atom is -0.324 e. The van der Waals surface area contributed by atoms with E-state index in [0.717, 1.165) is 0 Å². The van der Waals surface area contributed by atoms with Crippen molar-refractivity contribution in [2.75, 3.05) is 6.61 Å².